The third-order valence-corrected chi connectivity index (χ3v) is 4.51. The number of morpholine rings is 1. The summed E-state index contributed by atoms with van der Waals surface area (Å²) in [6.07, 6.45) is 3.33. The molecule has 0 radical (unpaired) electrons. The lowest BCUT2D eigenvalue weighted by atomic mass is 9.95. The number of likely N-dealkylation sites (tertiary alicyclic amines) is 1. The van der Waals surface area contributed by atoms with Crippen molar-refractivity contribution in [2.24, 2.45) is 5.92 Å². The zero-order valence-electron chi connectivity index (χ0n) is 13.7. The summed E-state index contributed by atoms with van der Waals surface area (Å²) < 4.78 is 11.1. The van der Waals surface area contributed by atoms with E-state index in [0.717, 1.165) is 32.2 Å². The molecule has 0 spiro atoms. The van der Waals surface area contributed by atoms with Gasteiger partial charge >= 0.3 is 0 Å². The van der Waals surface area contributed by atoms with Crippen molar-refractivity contribution >= 4 is 0 Å². The van der Waals surface area contributed by atoms with Gasteiger partial charge < -0.3 is 19.5 Å². The zero-order valence-corrected chi connectivity index (χ0v) is 13.7. The van der Waals surface area contributed by atoms with Gasteiger partial charge in [-0.05, 0) is 45.7 Å². The van der Waals surface area contributed by atoms with Gasteiger partial charge in [-0.15, -0.1) is 0 Å². The molecule has 5 nitrogen and oxygen atoms in total. The molecule has 0 aromatic heterocycles. The van der Waals surface area contributed by atoms with Gasteiger partial charge in [-0.3, -0.25) is 4.90 Å². The predicted octanol–water partition coefficient (Wildman–Crippen LogP) is 0.817. The van der Waals surface area contributed by atoms with Crippen molar-refractivity contribution in [2.45, 2.75) is 38.9 Å². The third kappa shape index (κ3) is 6.20. The number of aliphatic hydroxyl groups is 1. The number of ether oxygens (including phenoxy) is 2. The topological polar surface area (TPSA) is 45.2 Å². The summed E-state index contributed by atoms with van der Waals surface area (Å²) in [6, 6.07) is 0. The monoisotopic (exact) mass is 300 g/mol. The fourth-order valence-corrected chi connectivity index (χ4v) is 3.55. The molecule has 0 aliphatic carbocycles. The summed E-state index contributed by atoms with van der Waals surface area (Å²) in [4.78, 5) is 5.07. The van der Waals surface area contributed by atoms with E-state index >= 15 is 0 Å². The second-order valence-electron chi connectivity index (χ2n) is 6.60. The normalized spacial score (nSPS) is 29.9. The lowest BCUT2D eigenvalue weighted by molar-refractivity contribution is -0.0733. The molecule has 2 aliphatic heterocycles. The van der Waals surface area contributed by atoms with Crippen LogP contribution in [0.25, 0.3) is 0 Å². The Labute approximate surface area is 129 Å². The van der Waals surface area contributed by atoms with Gasteiger partial charge in [-0.1, -0.05) is 0 Å². The van der Waals surface area contributed by atoms with Gasteiger partial charge in [-0.25, -0.2) is 0 Å². The summed E-state index contributed by atoms with van der Waals surface area (Å²) in [5.41, 5.74) is 0. The smallest absolute Gasteiger partial charge is 0.0698 e. The largest absolute Gasteiger partial charge is 0.394 e. The number of rotatable bonds is 7. The molecule has 21 heavy (non-hydrogen) atoms. The fourth-order valence-electron chi connectivity index (χ4n) is 3.55. The Kier molecular flexibility index (Phi) is 7.40. The maximum absolute atomic E-state index is 8.68. The van der Waals surface area contributed by atoms with Crippen LogP contribution in [-0.4, -0.2) is 86.2 Å². The highest BCUT2D eigenvalue weighted by Gasteiger charge is 2.26. The van der Waals surface area contributed by atoms with Crippen molar-refractivity contribution in [3.8, 4) is 0 Å². The van der Waals surface area contributed by atoms with E-state index in [1.54, 1.807) is 0 Å². The molecule has 2 aliphatic rings. The van der Waals surface area contributed by atoms with E-state index in [1.807, 2.05) is 0 Å². The number of piperidine rings is 1. The van der Waals surface area contributed by atoms with Crippen LogP contribution in [0, 0.1) is 5.92 Å². The number of hydrogen-bond donors (Lipinski definition) is 1. The first-order valence-electron chi connectivity index (χ1n) is 8.46. The van der Waals surface area contributed by atoms with Crippen molar-refractivity contribution in [1.29, 1.82) is 0 Å². The molecule has 2 unspecified atom stereocenters. The average Bonchev–Trinajstić information content (AvgIpc) is 2.44. The lowest BCUT2D eigenvalue weighted by Crippen LogP contribution is -2.48. The van der Waals surface area contributed by atoms with Crippen LogP contribution in [0.4, 0.5) is 0 Å². The van der Waals surface area contributed by atoms with Crippen LogP contribution in [0.5, 0.6) is 0 Å². The van der Waals surface area contributed by atoms with Gasteiger partial charge in [0.05, 0.1) is 32.0 Å². The second-order valence-corrected chi connectivity index (χ2v) is 6.60. The highest BCUT2D eigenvalue weighted by molar-refractivity contribution is 4.79. The molecule has 0 aromatic carbocycles. The highest BCUT2D eigenvalue weighted by Crippen LogP contribution is 2.20. The molecule has 2 saturated heterocycles. The molecule has 2 atom stereocenters. The van der Waals surface area contributed by atoms with E-state index in [1.165, 1.54) is 32.5 Å². The number of aliphatic hydroxyl groups excluding tert-OH is 1. The first-order valence-corrected chi connectivity index (χ1v) is 8.46. The minimum absolute atomic E-state index is 0.123. The first kappa shape index (κ1) is 17.2. The summed E-state index contributed by atoms with van der Waals surface area (Å²) in [6.45, 7) is 12.4. The second kappa shape index (κ2) is 9.06. The number of nitrogens with zero attached hydrogens (tertiary/aromatic N) is 2. The summed E-state index contributed by atoms with van der Waals surface area (Å²) in [5.74, 6) is 0.831. The van der Waals surface area contributed by atoms with Crippen molar-refractivity contribution < 1.29 is 14.6 Å². The first-order chi connectivity index (χ1) is 10.2. The van der Waals surface area contributed by atoms with Crippen LogP contribution in [-0.2, 0) is 9.47 Å². The molecular formula is C16H32N2O3. The molecule has 2 fully saturated rings. The molecule has 2 heterocycles. The maximum Gasteiger partial charge on any atom is 0.0698 e. The minimum atomic E-state index is 0.123. The fraction of sp³-hybridized carbons (Fsp3) is 1.00. The van der Waals surface area contributed by atoms with Gasteiger partial charge in [0.2, 0.25) is 0 Å². The van der Waals surface area contributed by atoms with E-state index < -0.39 is 0 Å². The van der Waals surface area contributed by atoms with Crippen molar-refractivity contribution in [1.82, 2.24) is 9.80 Å². The average molecular weight is 300 g/mol. The van der Waals surface area contributed by atoms with Gasteiger partial charge in [0.15, 0.2) is 0 Å². The molecule has 0 aromatic rings. The van der Waals surface area contributed by atoms with Crippen molar-refractivity contribution in [3.05, 3.63) is 0 Å². The van der Waals surface area contributed by atoms with Crippen molar-refractivity contribution in [2.75, 3.05) is 59.1 Å². The minimum Gasteiger partial charge on any atom is -0.394 e. The quantitative estimate of drug-likeness (QED) is 0.705. The van der Waals surface area contributed by atoms with Gasteiger partial charge in [0.1, 0.15) is 0 Å². The SMILES string of the molecule is CC1CN(CC2CCN(CCOCCO)CC2)CC(C)O1. The van der Waals surface area contributed by atoms with Gasteiger partial charge in [-0.2, -0.15) is 0 Å². The Balaban J connectivity index is 1.60. The Morgan fingerprint density at radius 3 is 2.33 bits per heavy atom. The van der Waals surface area contributed by atoms with E-state index in [2.05, 4.69) is 23.6 Å². The van der Waals surface area contributed by atoms with Crippen LogP contribution in [0.2, 0.25) is 0 Å². The zero-order chi connectivity index (χ0) is 15.1. The Bertz CT molecular complexity index is 273. The van der Waals surface area contributed by atoms with E-state index in [4.69, 9.17) is 14.6 Å². The Hall–Kier alpha value is -0.200. The van der Waals surface area contributed by atoms with Crippen LogP contribution >= 0.6 is 0 Å². The molecule has 5 heteroatoms. The van der Waals surface area contributed by atoms with Gasteiger partial charge in [0, 0.05) is 26.2 Å². The van der Waals surface area contributed by atoms with E-state index in [9.17, 15) is 0 Å². The highest BCUT2D eigenvalue weighted by atomic mass is 16.5. The maximum atomic E-state index is 8.68. The summed E-state index contributed by atoms with van der Waals surface area (Å²) in [5, 5.41) is 8.68. The standard InChI is InChI=1S/C16H32N2O3/c1-14-11-18(12-15(2)21-14)13-16-3-5-17(6-4-16)7-9-20-10-8-19/h14-16,19H,3-13H2,1-2H3. The van der Waals surface area contributed by atoms with Crippen LogP contribution in [0.15, 0.2) is 0 Å². The molecule has 1 N–H and O–H groups in total. The van der Waals surface area contributed by atoms with Crippen LogP contribution < -0.4 is 0 Å². The molecule has 124 valence electrons. The molecule has 2 rings (SSSR count). The van der Waals surface area contributed by atoms with E-state index in [0.29, 0.717) is 18.8 Å². The number of hydrogen-bond acceptors (Lipinski definition) is 5. The molecule has 0 bridgehead atoms. The molecule has 0 saturated carbocycles. The summed E-state index contributed by atoms with van der Waals surface area (Å²) in [7, 11) is 0. The van der Waals surface area contributed by atoms with Crippen LogP contribution in [0.1, 0.15) is 26.7 Å². The lowest BCUT2D eigenvalue weighted by Gasteiger charge is -2.39. The third-order valence-electron chi connectivity index (χ3n) is 4.51. The molecular weight excluding hydrogens is 268 g/mol. The predicted molar refractivity (Wildman–Crippen MR) is 83.5 cm³/mol. The molecule has 0 amide bonds. The van der Waals surface area contributed by atoms with Crippen molar-refractivity contribution in [3.63, 3.8) is 0 Å². The summed E-state index contributed by atoms with van der Waals surface area (Å²) >= 11 is 0. The Morgan fingerprint density at radius 1 is 1.05 bits per heavy atom. The van der Waals surface area contributed by atoms with E-state index in [-0.39, 0.29) is 6.61 Å². The Morgan fingerprint density at radius 2 is 1.71 bits per heavy atom. The van der Waals surface area contributed by atoms with Gasteiger partial charge in [0.25, 0.3) is 0 Å². The van der Waals surface area contributed by atoms with Crippen LogP contribution in [0.3, 0.4) is 0 Å².